The molecule has 1 aromatic heterocycles. The fraction of sp³-hybridized carbons (Fsp3) is 0.0870. The molecule has 0 saturated carbocycles. The lowest BCUT2D eigenvalue weighted by molar-refractivity contribution is 0.677. The summed E-state index contributed by atoms with van der Waals surface area (Å²) in [5.41, 5.74) is 5.28. The van der Waals surface area contributed by atoms with E-state index in [1.807, 2.05) is 37.6 Å². The monoisotopic (exact) mass is 392 g/mol. The van der Waals surface area contributed by atoms with Crippen LogP contribution in [0, 0.1) is 6.92 Å². The minimum Gasteiger partial charge on any atom is -0.326 e. The smallest absolute Gasteiger partial charge is 0.0954 e. The average molecular weight is 393 g/mol. The molecule has 27 heavy (non-hydrogen) atoms. The second-order valence-corrected chi connectivity index (χ2v) is 7.28. The van der Waals surface area contributed by atoms with E-state index in [4.69, 9.17) is 23.2 Å². The number of benzene rings is 3. The standard InChI is InChI=1S/C23H18Cl2N2/c1-16-7-12-20(24)21(22(16)25)17-8-10-19(11-9-17)23(27-14-13-26-15-27)18-5-3-2-4-6-18/h2-15,23H,1H3. The molecule has 4 heteroatoms. The van der Waals surface area contributed by atoms with E-state index in [9.17, 15) is 0 Å². The predicted octanol–water partition coefficient (Wildman–Crippen LogP) is 6.80. The van der Waals surface area contributed by atoms with Gasteiger partial charge in [-0.1, -0.05) is 83.9 Å². The quantitative estimate of drug-likeness (QED) is 0.373. The van der Waals surface area contributed by atoms with Crippen molar-refractivity contribution < 1.29 is 0 Å². The molecule has 134 valence electrons. The third-order valence-electron chi connectivity index (χ3n) is 4.74. The van der Waals surface area contributed by atoms with Crippen molar-refractivity contribution in [2.45, 2.75) is 13.0 Å². The Balaban J connectivity index is 1.78. The number of nitrogens with zero attached hydrogens (tertiary/aromatic N) is 2. The van der Waals surface area contributed by atoms with E-state index in [2.05, 4.69) is 58.1 Å². The summed E-state index contributed by atoms with van der Waals surface area (Å²) in [7, 11) is 0. The normalized spacial score (nSPS) is 12.1. The second-order valence-electron chi connectivity index (χ2n) is 6.50. The van der Waals surface area contributed by atoms with E-state index in [-0.39, 0.29) is 6.04 Å². The summed E-state index contributed by atoms with van der Waals surface area (Å²) in [6.07, 6.45) is 5.64. The molecular weight excluding hydrogens is 375 g/mol. The van der Waals surface area contributed by atoms with Gasteiger partial charge in [0.25, 0.3) is 0 Å². The molecular formula is C23H18Cl2N2. The summed E-state index contributed by atoms with van der Waals surface area (Å²) in [5, 5.41) is 1.36. The Morgan fingerprint density at radius 1 is 0.852 bits per heavy atom. The molecule has 0 aliphatic carbocycles. The SMILES string of the molecule is Cc1ccc(Cl)c(-c2ccc(C(c3ccccc3)n3ccnc3)cc2)c1Cl. The van der Waals surface area contributed by atoms with Gasteiger partial charge in [0.15, 0.2) is 0 Å². The van der Waals surface area contributed by atoms with Gasteiger partial charge in [0.05, 0.1) is 17.4 Å². The van der Waals surface area contributed by atoms with Crippen LogP contribution in [0.15, 0.2) is 85.5 Å². The van der Waals surface area contributed by atoms with Crippen LogP contribution in [0.4, 0.5) is 0 Å². The van der Waals surface area contributed by atoms with Gasteiger partial charge in [0.2, 0.25) is 0 Å². The molecule has 0 fully saturated rings. The first-order chi connectivity index (χ1) is 13.1. The van der Waals surface area contributed by atoms with E-state index in [0.717, 1.165) is 16.7 Å². The van der Waals surface area contributed by atoms with Crippen molar-refractivity contribution in [3.05, 3.63) is 112 Å². The van der Waals surface area contributed by atoms with E-state index >= 15 is 0 Å². The van der Waals surface area contributed by atoms with Crippen LogP contribution in [0.2, 0.25) is 10.0 Å². The van der Waals surface area contributed by atoms with Gasteiger partial charge in [-0.15, -0.1) is 0 Å². The molecule has 0 N–H and O–H groups in total. The van der Waals surface area contributed by atoms with E-state index < -0.39 is 0 Å². The summed E-state index contributed by atoms with van der Waals surface area (Å²) in [6.45, 7) is 1.99. The summed E-state index contributed by atoms with van der Waals surface area (Å²) in [4.78, 5) is 4.22. The Morgan fingerprint density at radius 3 is 2.22 bits per heavy atom. The Bertz CT molecular complexity index is 1040. The molecule has 0 aliphatic heterocycles. The van der Waals surface area contributed by atoms with Gasteiger partial charge >= 0.3 is 0 Å². The second kappa shape index (κ2) is 7.59. The Labute approximate surface area is 169 Å². The van der Waals surface area contributed by atoms with Crippen LogP contribution in [0.3, 0.4) is 0 Å². The summed E-state index contributed by atoms with van der Waals surface area (Å²) in [5.74, 6) is 0. The molecule has 3 aromatic carbocycles. The van der Waals surface area contributed by atoms with Crippen molar-refractivity contribution in [2.24, 2.45) is 0 Å². The van der Waals surface area contributed by atoms with Crippen molar-refractivity contribution in [3.8, 4) is 11.1 Å². The van der Waals surface area contributed by atoms with Crippen LogP contribution >= 0.6 is 23.2 Å². The number of aromatic nitrogens is 2. The minimum absolute atomic E-state index is 0.0613. The number of halogens is 2. The highest BCUT2D eigenvalue weighted by atomic mass is 35.5. The maximum absolute atomic E-state index is 6.52. The van der Waals surface area contributed by atoms with Gasteiger partial charge in [-0.3, -0.25) is 0 Å². The van der Waals surface area contributed by atoms with Crippen LogP contribution in [0.1, 0.15) is 22.7 Å². The molecule has 2 nitrogen and oxygen atoms in total. The van der Waals surface area contributed by atoms with Gasteiger partial charge < -0.3 is 4.57 Å². The fourth-order valence-electron chi connectivity index (χ4n) is 3.35. The first-order valence-corrected chi connectivity index (χ1v) is 9.48. The van der Waals surface area contributed by atoms with Crippen LogP contribution in [0.5, 0.6) is 0 Å². The first-order valence-electron chi connectivity index (χ1n) is 8.72. The Kier molecular flexibility index (Phi) is 5.02. The lowest BCUT2D eigenvalue weighted by Crippen LogP contribution is -2.10. The lowest BCUT2D eigenvalue weighted by Gasteiger charge is -2.20. The average Bonchev–Trinajstić information content (AvgIpc) is 3.22. The summed E-state index contributed by atoms with van der Waals surface area (Å²) < 4.78 is 2.11. The van der Waals surface area contributed by atoms with Crippen molar-refractivity contribution in [2.75, 3.05) is 0 Å². The van der Waals surface area contributed by atoms with Gasteiger partial charge in [-0.2, -0.15) is 0 Å². The highest BCUT2D eigenvalue weighted by Gasteiger charge is 2.17. The van der Waals surface area contributed by atoms with Crippen LogP contribution in [-0.2, 0) is 0 Å². The largest absolute Gasteiger partial charge is 0.326 e. The highest BCUT2D eigenvalue weighted by molar-refractivity contribution is 6.39. The van der Waals surface area contributed by atoms with Gasteiger partial charge in [0, 0.05) is 23.0 Å². The van der Waals surface area contributed by atoms with Crippen molar-refractivity contribution in [1.82, 2.24) is 9.55 Å². The molecule has 0 aliphatic rings. The number of hydrogen-bond donors (Lipinski definition) is 0. The molecule has 0 saturated heterocycles. The van der Waals surface area contributed by atoms with Crippen molar-refractivity contribution in [3.63, 3.8) is 0 Å². The van der Waals surface area contributed by atoms with Crippen LogP contribution in [-0.4, -0.2) is 9.55 Å². The maximum atomic E-state index is 6.52. The molecule has 0 amide bonds. The number of hydrogen-bond acceptors (Lipinski definition) is 1. The first kappa shape index (κ1) is 17.8. The lowest BCUT2D eigenvalue weighted by atomic mass is 9.95. The highest BCUT2D eigenvalue weighted by Crippen LogP contribution is 2.37. The molecule has 0 spiro atoms. The van der Waals surface area contributed by atoms with E-state index in [0.29, 0.717) is 10.0 Å². The third kappa shape index (κ3) is 3.51. The molecule has 1 atom stereocenters. The topological polar surface area (TPSA) is 17.8 Å². The van der Waals surface area contributed by atoms with Gasteiger partial charge in [-0.05, 0) is 35.2 Å². The molecule has 0 bridgehead atoms. The number of imidazole rings is 1. The third-order valence-corrected chi connectivity index (χ3v) is 5.54. The molecule has 4 aromatic rings. The van der Waals surface area contributed by atoms with Crippen LogP contribution < -0.4 is 0 Å². The van der Waals surface area contributed by atoms with E-state index in [1.54, 1.807) is 6.20 Å². The summed E-state index contributed by atoms with van der Waals surface area (Å²) >= 11 is 12.9. The zero-order valence-electron chi connectivity index (χ0n) is 14.8. The van der Waals surface area contributed by atoms with Gasteiger partial charge in [0.1, 0.15) is 0 Å². The number of rotatable bonds is 4. The zero-order chi connectivity index (χ0) is 18.8. The fourth-order valence-corrected chi connectivity index (χ4v) is 3.94. The predicted molar refractivity (Wildman–Crippen MR) is 113 cm³/mol. The van der Waals surface area contributed by atoms with E-state index in [1.165, 1.54) is 11.1 Å². The molecule has 1 heterocycles. The Hall–Kier alpha value is -2.55. The number of aryl methyl sites for hydroxylation is 1. The van der Waals surface area contributed by atoms with Crippen LogP contribution in [0.25, 0.3) is 11.1 Å². The van der Waals surface area contributed by atoms with Gasteiger partial charge in [-0.25, -0.2) is 4.98 Å². The summed E-state index contributed by atoms with van der Waals surface area (Å²) in [6, 6.07) is 22.7. The van der Waals surface area contributed by atoms with Crippen molar-refractivity contribution >= 4 is 23.2 Å². The molecule has 4 rings (SSSR count). The van der Waals surface area contributed by atoms with Crippen molar-refractivity contribution in [1.29, 1.82) is 0 Å². The zero-order valence-corrected chi connectivity index (χ0v) is 16.3. The molecule has 1 unspecified atom stereocenters. The maximum Gasteiger partial charge on any atom is 0.0954 e. The minimum atomic E-state index is 0.0613. The Morgan fingerprint density at radius 2 is 1.56 bits per heavy atom. The molecule has 0 radical (unpaired) electrons.